The Morgan fingerprint density at radius 1 is 0.250 bits per heavy atom. The first-order chi connectivity index (χ1) is 27.7. The summed E-state index contributed by atoms with van der Waals surface area (Å²) in [7, 11) is 0. The highest BCUT2D eigenvalue weighted by molar-refractivity contribution is 6.32. The fourth-order valence-corrected chi connectivity index (χ4v) is 8.45. The van der Waals surface area contributed by atoms with Gasteiger partial charge in [0.05, 0.1) is 23.3 Å². The van der Waals surface area contributed by atoms with Gasteiger partial charge in [-0.15, -0.1) is 0 Å². The van der Waals surface area contributed by atoms with Crippen molar-refractivity contribution in [1.29, 1.82) is 10.5 Å². The standard InChI is InChI=1S/C54H32N2/c55-33-35-11-7-19-41(27-35)49-31-51(43-21-9-17-39(29-43)37-13-3-1-4-14-37)47-25-23-46-50(42-20-8-12-36(28-42)34-56)32-52(48-26-24-45(49)53(47)54(46)48)44-22-10-18-40(30-44)38-15-5-2-6-16-38/h1-32H. The molecule has 10 rings (SSSR count). The van der Waals surface area contributed by atoms with E-state index < -0.39 is 0 Å². The van der Waals surface area contributed by atoms with Crippen LogP contribution in [0.5, 0.6) is 0 Å². The van der Waals surface area contributed by atoms with Crippen LogP contribution in [0.15, 0.2) is 194 Å². The summed E-state index contributed by atoms with van der Waals surface area (Å²) in [6.45, 7) is 0. The summed E-state index contributed by atoms with van der Waals surface area (Å²) in [4.78, 5) is 0. The van der Waals surface area contributed by atoms with Crippen molar-refractivity contribution in [3.05, 3.63) is 205 Å². The summed E-state index contributed by atoms with van der Waals surface area (Å²) in [6.07, 6.45) is 0. The average Bonchev–Trinajstić information content (AvgIpc) is 3.28. The fraction of sp³-hybridized carbons (Fsp3) is 0. The quantitative estimate of drug-likeness (QED) is 0.161. The molecule has 0 saturated carbocycles. The molecule has 0 aromatic heterocycles. The third-order valence-electron chi connectivity index (χ3n) is 11.1. The fourth-order valence-electron chi connectivity index (χ4n) is 8.45. The van der Waals surface area contributed by atoms with Gasteiger partial charge in [0, 0.05) is 0 Å². The lowest BCUT2D eigenvalue weighted by Gasteiger charge is -2.22. The molecule has 0 unspecified atom stereocenters. The average molecular weight is 709 g/mol. The molecular formula is C54H32N2. The molecule has 0 heterocycles. The molecule has 0 aliphatic carbocycles. The summed E-state index contributed by atoms with van der Waals surface area (Å²) < 4.78 is 0. The van der Waals surface area contributed by atoms with Crippen LogP contribution in [-0.4, -0.2) is 0 Å². The molecule has 0 amide bonds. The van der Waals surface area contributed by atoms with Crippen LogP contribution in [0.25, 0.3) is 99.1 Å². The van der Waals surface area contributed by atoms with Crippen molar-refractivity contribution in [3.63, 3.8) is 0 Å². The molecule has 2 nitrogen and oxygen atoms in total. The Balaban J connectivity index is 1.34. The second kappa shape index (κ2) is 13.6. The van der Waals surface area contributed by atoms with Crippen LogP contribution in [0.3, 0.4) is 0 Å². The van der Waals surface area contributed by atoms with Gasteiger partial charge in [-0.3, -0.25) is 0 Å². The topological polar surface area (TPSA) is 47.6 Å². The number of hydrogen-bond donors (Lipinski definition) is 0. The largest absolute Gasteiger partial charge is 0.192 e. The van der Waals surface area contributed by atoms with Gasteiger partial charge in [0.25, 0.3) is 0 Å². The van der Waals surface area contributed by atoms with Crippen LogP contribution < -0.4 is 0 Å². The first-order valence-corrected chi connectivity index (χ1v) is 18.8. The zero-order valence-electron chi connectivity index (χ0n) is 30.4. The van der Waals surface area contributed by atoms with Gasteiger partial charge in [0.1, 0.15) is 0 Å². The maximum absolute atomic E-state index is 9.95. The van der Waals surface area contributed by atoms with Crippen LogP contribution >= 0.6 is 0 Å². The molecule has 2 heteroatoms. The van der Waals surface area contributed by atoms with Gasteiger partial charge in [-0.1, -0.05) is 146 Å². The zero-order chi connectivity index (χ0) is 37.6. The molecule has 10 aromatic carbocycles. The Morgan fingerprint density at radius 2 is 0.554 bits per heavy atom. The monoisotopic (exact) mass is 708 g/mol. The minimum atomic E-state index is 0.626. The molecule has 10 aromatic rings. The van der Waals surface area contributed by atoms with Gasteiger partial charge in [-0.05, 0) is 148 Å². The predicted molar refractivity (Wildman–Crippen MR) is 232 cm³/mol. The van der Waals surface area contributed by atoms with E-state index in [0.717, 1.165) is 77.2 Å². The van der Waals surface area contributed by atoms with Crippen LogP contribution in [0, 0.1) is 22.7 Å². The van der Waals surface area contributed by atoms with Crippen LogP contribution in [0.4, 0.5) is 0 Å². The van der Waals surface area contributed by atoms with E-state index in [1.807, 2.05) is 48.5 Å². The number of rotatable bonds is 6. The van der Waals surface area contributed by atoms with E-state index in [1.54, 1.807) is 0 Å². The Morgan fingerprint density at radius 3 is 0.911 bits per heavy atom. The zero-order valence-corrected chi connectivity index (χ0v) is 30.4. The molecule has 0 bridgehead atoms. The molecule has 0 atom stereocenters. The van der Waals surface area contributed by atoms with Gasteiger partial charge in [0.15, 0.2) is 0 Å². The van der Waals surface area contributed by atoms with Crippen molar-refractivity contribution in [3.8, 4) is 78.9 Å². The minimum absolute atomic E-state index is 0.626. The number of benzene rings is 10. The van der Waals surface area contributed by atoms with E-state index >= 15 is 0 Å². The molecule has 56 heavy (non-hydrogen) atoms. The predicted octanol–water partition coefficient (Wildman–Crippen LogP) is 14.3. The van der Waals surface area contributed by atoms with Crippen molar-refractivity contribution in [2.24, 2.45) is 0 Å². The third kappa shape index (κ3) is 5.57. The summed E-state index contributed by atoms with van der Waals surface area (Å²) in [5, 5.41) is 26.8. The number of nitrogens with zero attached hydrogens (tertiary/aromatic N) is 2. The normalized spacial score (nSPS) is 11.2. The highest BCUT2D eigenvalue weighted by Crippen LogP contribution is 2.49. The summed E-state index contributed by atoms with van der Waals surface area (Å²) in [5.41, 5.74) is 14.6. The number of hydrogen-bond acceptors (Lipinski definition) is 2. The van der Waals surface area contributed by atoms with E-state index in [0.29, 0.717) is 11.1 Å². The molecule has 0 aliphatic heterocycles. The lowest BCUT2D eigenvalue weighted by molar-refractivity contribution is 1.48. The molecular weight excluding hydrogens is 677 g/mol. The molecule has 0 fully saturated rings. The summed E-state index contributed by atoms with van der Waals surface area (Å²) in [5.74, 6) is 0. The second-order valence-corrected chi connectivity index (χ2v) is 14.3. The first-order valence-electron chi connectivity index (χ1n) is 18.8. The Hall–Kier alpha value is -7.78. The van der Waals surface area contributed by atoms with E-state index in [4.69, 9.17) is 0 Å². The minimum Gasteiger partial charge on any atom is -0.192 e. The van der Waals surface area contributed by atoms with Gasteiger partial charge >= 0.3 is 0 Å². The summed E-state index contributed by atoms with van der Waals surface area (Å²) >= 11 is 0. The van der Waals surface area contributed by atoms with Crippen LogP contribution in [-0.2, 0) is 0 Å². The SMILES string of the molecule is N#Cc1cccc(-c2cc(-c3cccc(-c4ccccc4)c3)c3ccc4c(-c5cccc(C#N)c5)cc(-c5cccc(-c6ccccc6)c5)c5ccc2c3c45)c1. The van der Waals surface area contributed by atoms with Crippen molar-refractivity contribution >= 4 is 32.3 Å². The lowest BCUT2D eigenvalue weighted by Crippen LogP contribution is -1.95. The third-order valence-corrected chi connectivity index (χ3v) is 11.1. The van der Waals surface area contributed by atoms with Gasteiger partial charge in [-0.2, -0.15) is 10.5 Å². The molecule has 0 N–H and O–H groups in total. The summed E-state index contributed by atoms with van der Waals surface area (Å²) in [6, 6.07) is 72.9. The lowest BCUT2D eigenvalue weighted by atomic mass is 9.81. The maximum Gasteiger partial charge on any atom is 0.0991 e. The van der Waals surface area contributed by atoms with E-state index in [1.165, 1.54) is 21.9 Å². The molecule has 0 saturated heterocycles. The highest BCUT2D eigenvalue weighted by Gasteiger charge is 2.21. The highest BCUT2D eigenvalue weighted by atomic mass is 14.3. The van der Waals surface area contributed by atoms with Crippen LogP contribution in [0.2, 0.25) is 0 Å². The second-order valence-electron chi connectivity index (χ2n) is 14.3. The molecule has 0 aliphatic rings. The van der Waals surface area contributed by atoms with Gasteiger partial charge < -0.3 is 0 Å². The van der Waals surface area contributed by atoms with Gasteiger partial charge in [-0.25, -0.2) is 0 Å². The Kier molecular flexibility index (Phi) is 7.96. The maximum atomic E-state index is 9.95. The smallest absolute Gasteiger partial charge is 0.0991 e. The van der Waals surface area contributed by atoms with Crippen molar-refractivity contribution in [2.45, 2.75) is 0 Å². The Labute approximate surface area is 325 Å². The molecule has 0 spiro atoms. The van der Waals surface area contributed by atoms with E-state index in [9.17, 15) is 10.5 Å². The van der Waals surface area contributed by atoms with Crippen molar-refractivity contribution in [1.82, 2.24) is 0 Å². The van der Waals surface area contributed by atoms with Crippen LogP contribution in [0.1, 0.15) is 11.1 Å². The van der Waals surface area contributed by atoms with Crippen molar-refractivity contribution in [2.75, 3.05) is 0 Å². The van der Waals surface area contributed by atoms with E-state index in [-0.39, 0.29) is 0 Å². The molecule has 258 valence electrons. The number of nitriles is 2. The van der Waals surface area contributed by atoms with Gasteiger partial charge in [0.2, 0.25) is 0 Å². The van der Waals surface area contributed by atoms with Crippen molar-refractivity contribution < 1.29 is 0 Å². The first kappa shape index (κ1) is 32.8. The Bertz CT molecular complexity index is 2980. The molecule has 0 radical (unpaired) electrons. The van der Waals surface area contributed by atoms with E-state index in [2.05, 4.69) is 158 Å².